The average molecular weight is 283 g/mol. The summed E-state index contributed by atoms with van der Waals surface area (Å²) in [6.45, 7) is 0. The molecule has 1 N–H and O–H groups in total. The van der Waals surface area contributed by atoms with Gasteiger partial charge in [-0.15, -0.1) is 0 Å². The van der Waals surface area contributed by atoms with Crippen LogP contribution in [-0.4, -0.2) is 42.3 Å². The fourth-order valence-corrected chi connectivity index (χ4v) is 3.03. The quantitative estimate of drug-likeness (QED) is 0.923. The van der Waals surface area contributed by atoms with Crippen LogP contribution in [0, 0.1) is 0 Å². The summed E-state index contributed by atoms with van der Waals surface area (Å²) in [6, 6.07) is 2.21. The summed E-state index contributed by atoms with van der Waals surface area (Å²) >= 11 is 7.83. The molecule has 0 amide bonds. The number of thioether (sulfide) groups is 1. The Bertz CT molecular complexity index is 525. The molecule has 1 atom stereocenters. The van der Waals surface area contributed by atoms with Crippen LogP contribution in [-0.2, 0) is 0 Å². The number of anilines is 1. The first-order chi connectivity index (χ1) is 8.81. The zero-order chi connectivity index (χ0) is 12.4. The Morgan fingerprint density at radius 1 is 1.39 bits per heavy atom. The fraction of sp³-hybridized carbons (Fsp3) is 0.400. The molecule has 0 radical (unpaired) electrons. The highest BCUT2D eigenvalue weighted by atomic mass is 35.5. The number of nitrogens with one attached hydrogen (secondary N) is 1. The maximum atomic E-state index is 5.90. The van der Waals surface area contributed by atoms with Crippen molar-refractivity contribution >= 4 is 29.3 Å². The Balaban J connectivity index is 1.86. The molecule has 1 saturated heterocycles. The smallest absolute Gasteiger partial charge is 0.256 e. The molecule has 1 fully saturated rings. The van der Waals surface area contributed by atoms with Crippen LogP contribution in [0.4, 0.5) is 5.95 Å². The Labute approximate surface area is 113 Å². The van der Waals surface area contributed by atoms with E-state index in [9.17, 15) is 0 Å². The third-order valence-corrected chi connectivity index (χ3v) is 3.90. The summed E-state index contributed by atoms with van der Waals surface area (Å²) in [7, 11) is 0. The van der Waals surface area contributed by atoms with Crippen molar-refractivity contribution in [2.45, 2.75) is 12.5 Å². The van der Waals surface area contributed by atoms with E-state index < -0.39 is 0 Å². The minimum atomic E-state index is 0.170. The Hall–Kier alpha value is -1.34. The number of hydrogen-bond acceptors (Lipinski definition) is 6. The first-order valence-corrected chi connectivity index (χ1v) is 7.10. The second-order valence-electron chi connectivity index (χ2n) is 3.88. The Kier molecular flexibility index (Phi) is 3.33. The predicted octanol–water partition coefficient (Wildman–Crippen LogP) is 1.63. The second kappa shape index (κ2) is 5.11. The summed E-state index contributed by atoms with van der Waals surface area (Å²) in [5.74, 6) is 3.17. The standard InChI is InChI=1S/C10H11ClN6S/c11-8-14-9(13-7-2-5-18-6-7)16-10(15-8)17-4-1-3-12-17/h1,3-4,7H,2,5-6H2,(H,13,14,15,16). The highest BCUT2D eigenvalue weighted by Crippen LogP contribution is 2.20. The van der Waals surface area contributed by atoms with E-state index in [-0.39, 0.29) is 5.28 Å². The zero-order valence-corrected chi connectivity index (χ0v) is 11.0. The Morgan fingerprint density at radius 2 is 2.33 bits per heavy atom. The largest absolute Gasteiger partial charge is 0.350 e. The van der Waals surface area contributed by atoms with Crippen molar-refractivity contribution in [2.75, 3.05) is 16.8 Å². The van der Waals surface area contributed by atoms with Gasteiger partial charge in [-0.1, -0.05) is 0 Å². The molecule has 94 valence electrons. The van der Waals surface area contributed by atoms with Crippen LogP contribution in [0.2, 0.25) is 5.28 Å². The summed E-state index contributed by atoms with van der Waals surface area (Å²) < 4.78 is 1.56. The van der Waals surface area contributed by atoms with E-state index in [0.717, 1.165) is 12.2 Å². The molecule has 3 heterocycles. The van der Waals surface area contributed by atoms with Gasteiger partial charge in [0, 0.05) is 24.2 Å². The van der Waals surface area contributed by atoms with Crippen LogP contribution in [0.1, 0.15) is 6.42 Å². The number of halogens is 1. The lowest BCUT2D eigenvalue weighted by atomic mass is 10.3. The molecule has 18 heavy (non-hydrogen) atoms. The predicted molar refractivity (Wildman–Crippen MR) is 71.3 cm³/mol. The lowest BCUT2D eigenvalue weighted by Gasteiger charge is -2.11. The van der Waals surface area contributed by atoms with Crippen molar-refractivity contribution in [1.82, 2.24) is 24.7 Å². The molecule has 1 unspecified atom stereocenters. The van der Waals surface area contributed by atoms with E-state index in [1.807, 2.05) is 11.8 Å². The van der Waals surface area contributed by atoms with Crippen LogP contribution < -0.4 is 5.32 Å². The summed E-state index contributed by atoms with van der Waals surface area (Å²) in [5, 5.41) is 7.52. The monoisotopic (exact) mass is 282 g/mol. The SMILES string of the molecule is Clc1nc(NC2CCSC2)nc(-n2cccn2)n1. The van der Waals surface area contributed by atoms with Crippen molar-refractivity contribution in [3.8, 4) is 5.95 Å². The van der Waals surface area contributed by atoms with E-state index in [2.05, 4.69) is 25.4 Å². The van der Waals surface area contributed by atoms with Gasteiger partial charge in [0.1, 0.15) is 0 Å². The summed E-state index contributed by atoms with van der Waals surface area (Å²) in [5.41, 5.74) is 0. The average Bonchev–Trinajstić information content (AvgIpc) is 3.00. The highest BCUT2D eigenvalue weighted by molar-refractivity contribution is 7.99. The first kappa shape index (κ1) is 11.7. The molecule has 1 aliphatic heterocycles. The van der Waals surface area contributed by atoms with Crippen LogP contribution in [0.5, 0.6) is 0 Å². The molecule has 8 heteroatoms. The minimum absolute atomic E-state index is 0.170. The van der Waals surface area contributed by atoms with Gasteiger partial charge in [-0.3, -0.25) is 0 Å². The second-order valence-corrected chi connectivity index (χ2v) is 5.37. The van der Waals surface area contributed by atoms with Gasteiger partial charge >= 0.3 is 0 Å². The van der Waals surface area contributed by atoms with Crippen LogP contribution in [0.25, 0.3) is 5.95 Å². The maximum Gasteiger partial charge on any atom is 0.256 e. The van der Waals surface area contributed by atoms with Gasteiger partial charge in [-0.05, 0) is 29.8 Å². The van der Waals surface area contributed by atoms with Gasteiger partial charge in [-0.2, -0.15) is 31.8 Å². The third-order valence-electron chi connectivity index (χ3n) is 2.57. The van der Waals surface area contributed by atoms with Crippen LogP contribution in [0.3, 0.4) is 0 Å². The number of hydrogen-bond donors (Lipinski definition) is 1. The molecule has 2 aromatic rings. The van der Waals surface area contributed by atoms with Gasteiger partial charge in [0.25, 0.3) is 5.95 Å². The van der Waals surface area contributed by atoms with Crippen LogP contribution >= 0.6 is 23.4 Å². The zero-order valence-electron chi connectivity index (χ0n) is 9.45. The molecule has 0 saturated carbocycles. The van der Waals surface area contributed by atoms with Gasteiger partial charge in [0.15, 0.2) is 0 Å². The fourth-order valence-electron chi connectivity index (χ4n) is 1.72. The van der Waals surface area contributed by atoms with Crippen molar-refractivity contribution < 1.29 is 0 Å². The van der Waals surface area contributed by atoms with Crippen molar-refractivity contribution in [2.24, 2.45) is 0 Å². The van der Waals surface area contributed by atoms with E-state index >= 15 is 0 Å². The number of rotatable bonds is 3. The van der Waals surface area contributed by atoms with E-state index in [1.54, 1.807) is 23.1 Å². The van der Waals surface area contributed by atoms with Crippen molar-refractivity contribution in [3.05, 3.63) is 23.7 Å². The summed E-state index contributed by atoms with van der Waals surface area (Å²) in [6.07, 6.45) is 4.55. The molecular weight excluding hydrogens is 272 g/mol. The summed E-state index contributed by atoms with van der Waals surface area (Å²) in [4.78, 5) is 12.5. The highest BCUT2D eigenvalue weighted by Gasteiger charge is 2.17. The third kappa shape index (κ3) is 2.56. The molecular formula is C10H11ClN6S. The van der Waals surface area contributed by atoms with Gasteiger partial charge < -0.3 is 5.32 Å². The van der Waals surface area contributed by atoms with Gasteiger partial charge in [0.05, 0.1) is 0 Å². The van der Waals surface area contributed by atoms with E-state index in [0.29, 0.717) is 17.9 Å². The van der Waals surface area contributed by atoms with Crippen LogP contribution in [0.15, 0.2) is 18.5 Å². The van der Waals surface area contributed by atoms with Gasteiger partial charge in [0.2, 0.25) is 11.2 Å². The van der Waals surface area contributed by atoms with Gasteiger partial charge in [-0.25, -0.2) is 4.68 Å². The van der Waals surface area contributed by atoms with Crippen molar-refractivity contribution in [3.63, 3.8) is 0 Å². The maximum absolute atomic E-state index is 5.90. The lowest BCUT2D eigenvalue weighted by Crippen LogP contribution is -2.20. The van der Waals surface area contributed by atoms with E-state index in [1.165, 1.54) is 5.75 Å². The molecule has 0 aliphatic carbocycles. The lowest BCUT2D eigenvalue weighted by molar-refractivity contribution is 0.767. The number of nitrogens with zero attached hydrogens (tertiary/aromatic N) is 5. The first-order valence-electron chi connectivity index (χ1n) is 5.57. The molecule has 2 aromatic heterocycles. The Morgan fingerprint density at radius 3 is 3.06 bits per heavy atom. The minimum Gasteiger partial charge on any atom is -0.350 e. The molecule has 6 nitrogen and oxygen atoms in total. The normalized spacial score (nSPS) is 19.1. The molecule has 3 rings (SSSR count). The molecule has 0 aromatic carbocycles. The molecule has 0 bridgehead atoms. The van der Waals surface area contributed by atoms with E-state index in [4.69, 9.17) is 11.6 Å². The van der Waals surface area contributed by atoms with Crippen molar-refractivity contribution in [1.29, 1.82) is 0 Å². The molecule has 0 spiro atoms. The topological polar surface area (TPSA) is 68.5 Å². The number of aromatic nitrogens is 5. The molecule has 1 aliphatic rings.